The van der Waals surface area contributed by atoms with Crippen molar-refractivity contribution in [2.45, 2.75) is 38.1 Å². The summed E-state index contributed by atoms with van der Waals surface area (Å²) in [4.78, 5) is 12.3. The molecule has 1 aromatic heterocycles. The molecule has 4 nitrogen and oxygen atoms in total. The number of benzene rings is 2. The maximum Gasteiger partial charge on any atom is 0.132 e. The van der Waals surface area contributed by atoms with Crippen LogP contribution in [0.3, 0.4) is 0 Å². The van der Waals surface area contributed by atoms with Gasteiger partial charge >= 0.3 is 0 Å². The van der Waals surface area contributed by atoms with Crippen molar-refractivity contribution in [3.8, 4) is 17.0 Å². The van der Waals surface area contributed by atoms with Crippen molar-refractivity contribution in [1.82, 2.24) is 14.9 Å². The largest absolute Gasteiger partial charge is 0.508 e. The van der Waals surface area contributed by atoms with Gasteiger partial charge in [-0.1, -0.05) is 12.1 Å². The van der Waals surface area contributed by atoms with Crippen molar-refractivity contribution in [3.05, 3.63) is 77.0 Å². The number of phenolic OH excluding ortho intramolecular Hbond substituents is 1. The summed E-state index contributed by atoms with van der Waals surface area (Å²) in [5.41, 5.74) is 5.39. The molecule has 148 valence electrons. The zero-order chi connectivity index (χ0) is 19.8. The summed E-state index contributed by atoms with van der Waals surface area (Å²) in [5.74, 6) is 1.53. The molecule has 1 aliphatic heterocycles. The number of halogens is 1. The van der Waals surface area contributed by atoms with Crippen LogP contribution in [0.2, 0.25) is 0 Å². The fourth-order valence-electron chi connectivity index (χ4n) is 4.10. The highest BCUT2D eigenvalue weighted by atomic mass is 19.1. The van der Waals surface area contributed by atoms with Crippen LogP contribution in [-0.4, -0.2) is 33.1 Å². The van der Waals surface area contributed by atoms with Gasteiger partial charge in [0.15, 0.2) is 0 Å². The lowest BCUT2D eigenvalue weighted by atomic mass is 10.0. The minimum atomic E-state index is -0.185. The third-order valence-corrected chi connectivity index (χ3v) is 5.83. The Morgan fingerprint density at radius 3 is 2.55 bits per heavy atom. The van der Waals surface area contributed by atoms with Gasteiger partial charge in [0.25, 0.3) is 0 Å². The van der Waals surface area contributed by atoms with Crippen LogP contribution < -0.4 is 0 Å². The first-order valence-electron chi connectivity index (χ1n) is 10.3. The molecule has 0 spiro atoms. The normalized spacial score (nSPS) is 17.0. The number of aromatic hydroxyl groups is 1. The standard InChI is InChI=1S/C24H24FN3O/c25-19-3-1-2-16(14-19)15-28-12-10-21-22(11-13-28)26-24(18-4-5-18)27-23(21)17-6-8-20(29)9-7-17/h1-3,6-9,14,18,29H,4-5,10-13,15H2. The molecule has 1 aliphatic carbocycles. The van der Waals surface area contributed by atoms with Crippen molar-refractivity contribution in [3.63, 3.8) is 0 Å². The van der Waals surface area contributed by atoms with E-state index in [9.17, 15) is 9.50 Å². The van der Waals surface area contributed by atoms with E-state index in [0.717, 1.165) is 60.8 Å². The number of rotatable bonds is 4. The molecule has 5 heteroatoms. The number of nitrogens with zero attached hydrogens (tertiary/aromatic N) is 3. The molecule has 0 amide bonds. The van der Waals surface area contributed by atoms with Gasteiger partial charge in [0, 0.05) is 48.8 Å². The quantitative estimate of drug-likeness (QED) is 0.715. The van der Waals surface area contributed by atoms with Crippen molar-refractivity contribution in [2.75, 3.05) is 13.1 Å². The highest BCUT2D eigenvalue weighted by Gasteiger charge is 2.29. The van der Waals surface area contributed by atoms with Crippen LogP contribution in [0.15, 0.2) is 48.5 Å². The van der Waals surface area contributed by atoms with E-state index in [2.05, 4.69) is 4.90 Å². The van der Waals surface area contributed by atoms with Gasteiger partial charge in [0.2, 0.25) is 0 Å². The molecule has 0 saturated heterocycles. The Bertz CT molecular complexity index is 1030. The Balaban J connectivity index is 1.45. The second-order valence-electron chi connectivity index (χ2n) is 8.08. The minimum Gasteiger partial charge on any atom is -0.508 e. The molecule has 0 radical (unpaired) electrons. The van der Waals surface area contributed by atoms with Gasteiger partial charge in [-0.3, -0.25) is 4.90 Å². The third-order valence-electron chi connectivity index (χ3n) is 5.83. The van der Waals surface area contributed by atoms with Gasteiger partial charge in [-0.25, -0.2) is 14.4 Å². The average Bonchev–Trinajstić information content (AvgIpc) is 3.56. The van der Waals surface area contributed by atoms with Crippen LogP contribution in [-0.2, 0) is 19.4 Å². The van der Waals surface area contributed by atoms with E-state index in [1.54, 1.807) is 24.3 Å². The molecule has 0 unspecified atom stereocenters. The van der Waals surface area contributed by atoms with Gasteiger partial charge in [0.05, 0.1) is 5.69 Å². The molecule has 0 atom stereocenters. The molecule has 1 fully saturated rings. The molecule has 3 aromatic rings. The highest BCUT2D eigenvalue weighted by Crippen LogP contribution is 2.40. The molecule has 2 aromatic carbocycles. The molecule has 2 heterocycles. The van der Waals surface area contributed by atoms with Crippen molar-refractivity contribution in [1.29, 1.82) is 0 Å². The second kappa shape index (κ2) is 7.56. The van der Waals surface area contributed by atoms with E-state index in [-0.39, 0.29) is 11.6 Å². The average molecular weight is 389 g/mol. The fourth-order valence-corrected chi connectivity index (χ4v) is 4.10. The summed E-state index contributed by atoms with van der Waals surface area (Å²) in [7, 11) is 0. The molecule has 29 heavy (non-hydrogen) atoms. The fraction of sp³-hybridized carbons (Fsp3) is 0.333. The predicted molar refractivity (Wildman–Crippen MR) is 110 cm³/mol. The van der Waals surface area contributed by atoms with Crippen LogP contribution in [0.4, 0.5) is 4.39 Å². The van der Waals surface area contributed by atoms with Crippen LogP contribution in [0.25, 0.3) is 11.3 Å². The molecule has 5 rings (SSSR count). The molecule has 2 aliphatic rings. The van der Waals surface area contributed by atoms with Crippen molar-refractivity contribution in [2.24, 2.45) is 0 Å². The zero-order valence-corrected chi connectivity index (χ0v) is 16.3. The lowest BCUT2D eigenvalue weighted by Crippen LogP contribution is -2.26. The highest BCUT2D eigenvalue weighted by molar-refractivity contribution is 5.65. The van der Waals surface area contributed by atoms with Crippen LogP contribution in [0.5, 0.6) is 5.75 Å². The SMILES string of the molecule is Oc1ccc(-c2nc(C3CC3)nc3c2CCN(Cc2cccc(F)c2)CC3)cc1. The van der Waals surface area contributed by atoms with E-state index in [4.69, 9.17) is 9.97 Å². The van der Waals surface area contributed by atoms with Gasteiger partial charge in [-0.05, 0) is 61.2 Å². The van der Waals surface area contributed by atoms with E-state index >= 15 is 0 Å². The molecular weight excluding hydrogens is 365 g/mol. The molecule has 1 saturated carbocycles. The predicted octanol–water partition coefficient (Wildman–Crippen LogP) is 4.47. The Morgan fingerprint density at radius 2 is 1.79 bits per heavy atom. The third kappa shape index (κ3) is 4.01. The first kappa shape index (κ1) is 18.3. The smallest absolute Gasteiger partial charge is 0.132 e. The van der Waals surface area contributed by atoms with E-state index in [1.807, 2.05) is 18.2 Å². The van der Waals surface area contributed by atoms with Gasteiger partial charge in [0.1, 0.15) is 17.4 Å². The molecule has 0 bridgehead atoms. The first-order chi connectivity index (χ1) is 14.2. The maximum atomic E-state index is 13.6. The summed E-state index contributed by atoms with van der Waals surface area (Å²) < 4.78 is 13.6. The van der Waals surface area contributed by atoms with Gasteiger partial charge in [-0.15, -0.1) is 0 Å². The van der Waals surface area contributed by atoms with E-state index in [1.165, 1.54) is 24.5 Å². The summed E-state index contributed by atoms with van der Waals surface area (Å²) in [6.45, 7) is 2.53. The summed E-state index contributed by atoms with van der Waals surface area (Å²) >= 11 is 0. The number of aromatic nitrogens is 2. The van der Waals surface area contributed by atoms with Gasteiger partial charge < -0.3 is 5.11 Å². The number of hydrogen-bond donors (Lipinski definition) is 1. The van der Waals surface area contributed by atoms with Crippen LogP contribution in [0, 0.1) is 5.82 Å². The number of phenols is 1. The topological polar surface area (TPSA) is 49.3 Å². The van der Waals surface area contributed by atoms with E-state index < -0.39 is 0 Å². The Labute approximate surface area is 170 Å². The monoisotopic (exact) mass is 389 g/mol. The maximum absolute atomic E-state index is 13.6. The zero-order valence-electron chi connectivity index (χ0n) is 16.3. The summed E-state index contributed by atoms with van der Waals surface area (Å²) in [6.07, 6.45) is 4.07. The second-order valence-corrected chi connectivity index (χ2v) is 8.08. The van der Waals surface area contributed by atoms with E-state index in [0.29, 0.717) is 5.92 Å². The lowest BCUT2D eigenvalue weighted by Gasteiger charge is -2.19. The summed E-state index contributed by atoms with van der Waals surface area (Å²) in [5, 5.41) is 9.67. The Morgan fingerprint density at radius 1 is 1.00 bits per heavy atom. The lowest BCUT2D eigenvalue weighted by molar-refractivity contribution is 0.278. The number of hydrogen-bond acceptors (Lipinski definition) is 4. The molecular formula is C24H24FN3O. The summed E-state index contributed by atoms with van der Waals surface area (Å²) in [6, 6.07) is 14.2. The molecule has 1 N–H and O–H groups in total. The Kier molecular flexibility index (Phi) is 4.76. The van der Waals surface area contributed by atoms with Gasteiger partial charge in [-0.2, -0.15) is 0 Å². The van der Waals surface area contributed by atoms with Crippen molar-refractivity contribution >= 4 is 0 Å². The van der Waals surface area contributed by atoms with Crippen molar-refractivity contribution < 1.29 is 9.50 Å². The number of fused-ring (bicyclic) bond motifs is 1. The van der Waals surface area contributed by atoms with Crippen LogP contribution in [0.1, 0.15) is 41.4 Å². The minimum absolute atomic E-state index is 0.185. The first-order valence-corrected chi connectivity index (χ1v) is 10.3. The Hall–Kier alpha value is -2.79. The van der Waals surface area contributed by atoms with Crippen LogP contribution >= 0.6 is 0 Å².